The topological polar surface area (TPSA) is 107 Å². The molecule has 3 N–H and O–H groups in total. The third kappa shape index (κ3) is 5.06. The van der Waals surface area contributed by atoms with Gasteiger partial charge >= 0.3 is 5.97 Å². The lowest BCUT2D eigenvalue weighted by molar-refractivity contribution is -0.142. The minimum Gasteiger partial charge on any atom is -0.481 e. The summed E-state index contributed by atoms with van der Waals surface area (Å²) in [6.07, 6.45) is 1.15. The summed E-state index contributed by atoms with van der Waals surface area (Å²) < 4.78 is 27.5. The van der Waals surface area contributed by atoms with Crippen LogP contribution >= 0.6 is 0 Å². The third-order valence-corrected chi connectivity index (χ3v) is 4.99. The van der Waals surface area contributed by atoms with Crippen molar-refractivity contribution in [1.82, 2.24) is 9.03 Å². The number of piperidine rings is 1. The van der Waals surface area contributed by atoms with Crippen LogP contribution in [0.3, 0.4) is 0 Å². The number of hydrogen-bond acceptors (Lipinski definition) is 4. The first-order valence-corrected chi connectivity index (χ1v) is 7.96. The number of rotatable bonds is 7. The van der Waals surface area contributed by atoms with E-state index < -0.39 is 28.2 Å². The van der Waals surface area contributed by atoms with Crippen molar-refractivity contribution in [2.75, 3.05) is 19.6 Å². The molecule has 1 rings (SSSR count). The van der Waals surface area contributed by atoms with Gasteiger partial charge in [0.1, 0.15) is 0 Å². The second-order valence-electron chi connectivity index (χ2n) is 4.76. The molecule has 1 saturated heterocycles. The Hall–Kier alpha value is -0.700. The fourth-order valence-electron chi connectivity index (χ4n) is 1.99. The summed E-state index contributed by atoms with van der Waals surface area (Å²) in [5.74, 6) is -1.32. The van der Waals surface area contributed by atoms with E-state index in [4.69, 9.17) is 5.11 Å². The maximum atomic E-state index is 11.9. The fraction of sp³-hybridized carbons (Fsp3) is 0.909. The van der Waals surface area contributed by atoms with E-state index in [2.05, 4.69) is 4.72 Å². The summed E-state index contributed by atoms with van der Waals surface area (Å²) in [5.41, 5.74) is 0. The summed E-state index contributed by atoms with van der Waals surface area (Å²) in [4.78, 5) is 10.8. The molecule has 0 aromatic rings. The number of aliphatic carboxylic acids is 1. The largest absolute Gasteiger partial charge is 0.481 e. The molecule has 1 atom stereocenters. The van der Waals surface area contributed by atoms with E-state index >= 15 is 0 Å². The standard InChI is InChI=1S/C11H22N2O5S/c1-2-10(14)3-6-12-19(17,18)13-7-4-9(5-8-13)11(15)16/h9-10,12,14H,2-8H2,1H3,(H,15,16). The average molecular weight is 294 g/mol. The van der Waals surface area contributed by atoms with Gasteiger partial charge in [0.05, 0.1) is 12.0 Å². The SMILES string of the molecule is CCC(O)CCNS(=O)(=O)N1CCC(C(=O)O)CC1. The Morgan fingerprint density at radius 1 is 1.42 bits per heavy atom. The highest BCUT2D eigenvalue weighted by Crippen LogP contribution is 2.19. The monoisotopic (exact) mass is 294 g/mol. The second-order valence-corrected chi connectivity index (χ2v) is 6.52. The van der Waals surface area contributed by atoms with Crippen LogP contribution in [0, 0.1) is 5.92 Å². The van der Waals surface area contributed by atoms with Crippen LogP contribution in [0.5, 0.6) is 0 Å². The van der Waals surface area contributed by atoms with Gasteiger partial charge in [0, 0.05) is 19.6 Å². The third-order valence-electron chi connectivity index (χ3n) is 3.38. The molecule has 1 unspecified atom stereocenters. The van der Waals surface area contributed by atoms with Gasteiger partial charge in [-0.1, -0.05) is 6.92 Å². The summed E-state index contributed by atoms with van der Waals surface area (Å²) in [6.45, 7) is 2.47. The molecule has 0 aliphatic carbocycles. The van der Waals surface area contributed by atoms with Crippen LogP contribution in [0.1, 0.15) is 32.6 Å². The smallest absolute Gasteiger partial charge is 0.306 e. The van der Waals surface area contributed by atoms with E-state index in [-0.39, 0.29) is 19.6 Å². The molecule has 0 spiro atoms. The highest BCUT2D eigenvalue weighted by Gasteiger charge is 2.30. The van der Waals surface area contributed by atoms with Crippen molar-refractivity contribution in [3.05, 3.63) is 0 Å². The molecule has 112 valence electrons. The summed E-state index contributed by atoms with van der Waals surface area (Å²) >= 11 is 0. The van der Waals surface area contributed by atoms with Gasteiger partial charge in [-0.25, -0.2) is 4.72 Å². The zero-order valence-electron chi connectivity index (χ0n) is 11.1. The molecule has 7 nitrogen and oxygen atoms in total. The predicted octanol–water partition coefficient (Wildman–Crippen LogP) is -0.222. The molecule has 1 aliphatic heterocycles. The van der Waals surface area contributed by atoms with Crippen molar-refractivity contribution in [3.63, 3.8) is 0 Å². The molecule has 0 saturated carbocycles. The number of aliphatic hydroxyl groups is 1. The molecule has 1 heterocycles. The first-order chi connectivity index (χ1) is 8.86. The predicted molar refractivity (Wildman–Crippen MR) is 69.8 cm³/mol. The van der Waals surface area contributed by atoms with E-state index in [1.54, 1.807) is 0 Å². The molecule has 19 heavy (non-hydrogen) atoms. The lowest BCUT2D eigenvalue weighted by Gasteiger charge is -2.29. The van der Waals surface area contributed by atoms with E-state index in [0.717, 1.165) is 0 Å². The van der Waals surface area contributed by atoms with Crippen LogP contribution in [0.15, 0.2) is 0 Å². The zero-order valence-corrected chi connectivity index (χ0v) is 11.9. The minimum atomic E-state index is -3.56. The summed E-state index contributed by atoms with van der Waals surface area (Å²) in [5, 5.41) is 18.2. The van der Waals surface area contributed by atoms with Crippen LogP contribution < -0.4 is 4.72 Å². The second kappa shape index (κ2) is 7.18. The lowest BCUT2D eigenvalue weighted by atomic mass is 9.99. The molecular weight excluding hydrogens is 272 g/mol. The first kappa shape index (κ1) is 16.4. The van der Waals surface area contributed by atoms with Crippen molar-refractivity contribution >= 4 is 16.2 Å². The van der Waals surface area contributed by atoms with Gasteiger partial charge < -0.3 is 10.2 Å². The highest BCUT2D eigenvalue weighted by atomic mass is 32.2. The Bertz CT molecular complexity index is 390. The molecule has 0 amide bonds. The highest BCUT2D eigenvalue weighted by molar-refractivity contribution is 7.87. The molecule has 0 aromatic carbocycles. The van der Waals surface area contributed by atoms with Gasteiger partial charge in [-0.05, 0) is 25.7 Å². The number of carbonyl (C=O) groups is 1. The number of hydrogen-bond donors (Lipinski definition) is 3. The van der Waals surface area contributed by atoms with Crippen LogP contribution in [0.25, 0.3) is 0 Å². The van der Waals surface area contributed by atoms with E-state index in [1.807, 2.05) is 6.92 Å². The van der Waals surface area contributed by atoms with Crippen LogP contribution in [-0.2, 0) is 15.0 Å². The first-order valence-electron chi connectivity index (χ1n) is 6.52. The van der Waals surface area contributed by atoms with Gasteiger partial charge in [-0.3, -0.25) is 4.79 Å². The Labute approximate surface area is 113 Å². The van der Waals surface area contributed by atoms with Gasteiger partial charge in [-0.15, -0.1) is 0 Å². The van der Waals surface area contributed by atoms with Crippen LogP contribution in [0.4, 0.5) is 0 Å². The molecule has 0 radical (unpaired) electrons. The van der Waals surface area contributed by atoms with E-state index in [0.29, 0.717) is 25.7 Å². The van der Waals surface area contributed by atoms with Crippen molar-refractivity contribution in [2.45, 2.75) is 38.7 Å². The minimum absolute atomic E-state index is 0.191. The van der Waals surface area contributed by atoms with Crippen LogP contribution in [-0.4, -0.2) is 54.6 Å². The quantitative estimate of drug-likeness (QED) is 0.601. The molecule has 0 bridgehead atoms. The number of aliphatic hydroxyl groups excluding tert-OH is 1. The number of nitrogens with one attached hydrogen (secondary N) is 1. The van der Waals surface area contributed by atoms with Crippen molar-refractivity contribution < 1.29 is 23.4 Å². The van der Waals surface area contributed by atoms with Gasteiger partial charge in [0.15, 0.2) is 0 Å². The number of carboxylic acids is 1. The van der Waals surface area contributed by atoms with Crippen molar-refractivity contribution in [2.24, 2.45) is 5.92 Å². The van der Waals surface area contributed by atoms with Crippen molar-refractivity contribution in [3.8, 4) is 0 Å². The fourth-order valence-corrected chi connectivity index (χ4v) is 3.24. The normalized spacial score (nSPS) is 20.3. The van der Waals surface area contributed by atoms with Gasteiger partial charge in [0.2, 0.25) is 0 Å². The van der Waals surface area contributed by atoms with E-state index in [9.17, 15) is 18.3 Å². The Balaban J connectivity index is 2.40. The van der Waals surface area contributed by atoms with Crippen molar-refractivity contribution in [1.29, 1.82) is 0 Å². The van der Waals surface area contributed by atoms with E-state index in [1.165, 1.54) is 4.31 Å². The molecule has 0 aromatic heterocycles. The molecule has 8 heteroatoms. The maximum Gasteiger partial charge on any atom is 0.306 e. The Morgan fingerprint density at radius 2 is 2.00 bits per heavy atom. The van der Waals surface area contributed by atoms with Gasteiger partial charge in [0.25, 0.3) is 10.2 Å². The number of nitrogens with zero attached hydrogens (tertiary/aromatic N) is 1. The lowest BCUT2D eigenvalue weighted by Crippen LogP contribution is -2.46. The average Bonchev–Trinajstić information content (AvgIpc) is 2.38. The van der Waals surface area contributed by atoms with Gasteiger partial charge in [-0.2, -0.15) is 12.7 Å². The molecule has 1 fully saturated rings. The molecule has 1 aliphatic rings. The number of carboxylic acid groups (broad SMARTS) is 1. The summed E-state index contributed by atoms with van der Waals surface area (Å²) in [6, 6.07) is 0. The Morgan fingerprint density at radius 3 is 2.47 bits per heavy atom. The summed E-state index contributed by atoms with van der Waals surface area (Å²) in [7, 11) is -3.56. The zero-order chi connectivity index (χ0) is 14.5. The Kier molecular flexibility index (Phi) is 6.18. The van der Waals surface area contributed by atoms with Crippen LogP contribution in [0.2, 0.25) is 0 Å². The maximum absolute atomic E-state index is 11.9. The molecular formula is C11H22N2O5S.